The Hall–Kier alpha value is -3.57. The van der Waals surface area contributed by atoms with Crippen LogP contribution >= 0.6 is 16.1 Å². The normalized spacial score (nSPS) is 31.5. The number of phosphoric ester groups is 1. The third kappa shape index (κ3) is 5.65. The molecule has 2 saturated heterocycles. The smallest absolute Gasteiger partial charge is 0.394 e. The SMILES string of the molecule is CC1(COP(=O)(O)OC2C(O)C(CO)OC2n2cnc3c(=O)[nH]c(=O)[nH]c32)OC(n2cnc3c(N)ncnc32)C(O)C1O[P+](=O)O. The van der Waals surface area contributed by atoms with Gasteiger partial charge in [-0.05, 0) is 6.92 Å². The molecule has 6 rings (SSSR count). The van der Waals surface area contributed by atoms with Crippen LogP contribution in [-0.4, -0.2) is 113 Å². The number of imidazole rings is 2. The lowest BCUT2D eigenvalue weighted by molar-refractivity contribution is -0.114. The number of H-pyrrole nitrogens is 2. The van der Waals surface area contributed by atoms with Gasteiger partial charge in [-0.2, -0.15) is 0 Å². The number of hydrogen-bond acceptors (Lipinski definition) is 17. The number of ether oxygens (including phenoxy) is 2. The highest BCUT2D eigenvalue weighted by Crippen LogP contribution is 2.52. The minimum Gasteiger partial charge on any atom is -0.394 e. The van der Waals surface area contributed by atoms with E-state index in [-0.39, 0.29) is 28.1 Å². The number of aromatic nitrogens is 8. The third-order valence-corrected chi connectivity index (χ3v) is 8.84. The number of phosphoric acid groups is 1. The molecule has 2 aliphatic heterocycles. The Kier molecular flexibility index (Phi) is 8.38. The molecule has 23 nitrogen and oxygen atoms in total. The number of nitrogens with two attached hydrogens (primary N) is 1. The standard InChI is InChI=1S/C21H25N9O14P2/c1-21(13(43-45(36)37)11(33)18(42-21)29-5-25-8-14(22)23-4-24-15(8)29)3-40-46(38,39)44-12-10(32)7(2-31)41-19(12)30-6-26-9-16(30)27-20(35)28-17(9)34/h4-7,10-13,18-19,31-33H,2-3H2,1H3,(H5-,22,23,24,27,28,34,35,36,37,38,39)/p+1. The largest absolute Gasteiger partial charge is 0.695 e. The Labute approximate surface area is 255 Å². The van der Waals surface area contributed by atoms with Gasteiger partial charge in [-0.25, -0.2) is 29.3 Å². The molecule has 0 spiro atoms. The van der Waals surface area contributed by atoms with E-state index in [1.54, 1.807) is 0 Å². The molecule has 10 unspecified atom stereocenters. The van der Waals surface area contributed by atoms with Crippen molar-refractivity contribution in [1.82, 2.24) is 39.0 Å². The average molecular weight is 690 g/mol. The summed E-state index contributed by atoms with van der Waals surface area (Å²) in [5.74, 6) is 0.0219. The van der Waals surface area contributed by atoms with Gasteiger partial charge in [-0.3, -0.25) is 32.9 Å². The zero-order valence-corrected chi connectivity index (χ0v) is 25.0. The Morgan fingerprint density at radius 3 is 2.54 bits per heavy atom. The average Bonchev–Trinajstić information content (AvgIpc) is 3.74. The fraction of sp³-hybridized carbons (Fsp3) is 0.524. The highest BCUT2D eigenvalue weighted by molar-refractivity contribution is 7.47. The van der Waals surface area contributed by atoms with E-state index in [0.29, 0.717) is 0 Å². The molecule has 25 heteroatoms. The summed E-state index contributed by atoms with van der Waals surface area (Å²) in [5.41, 5.74) is 2.02. The van der Waals surface area contributed by atoms with E-state index in [1.807, 2.05) is 4.98 Å². The second-order valence-electron chi connectivity index (χ2n) is 10.5. The fourth-order valence-corrected chi connectivity index (χ4v) is 6.89. The Bertz CT molecular complexity index is 1960. The second kappa shape index (κ2) is 11.9. The van der Waals surface area contributed by atoms with Gasteiger partial charge in [0.05, 0.1) is 25.9 Å². The summed E-state index contributed by atoms with van der Waals surface area (Å²) in [6.07, 6.45) is -7.70. The molecule has 4 aromatic heterocycles. The minimum atomic E-state index is -5.24. The fourth-order valence-electron chi connectivity index (χ4n) is 5.33. The van der Waals surface area contributed by atoms with Crippen molar-refractivity contribution in [3.8, 4) is 0 Å². The first-order valence-corrected chi connectivity index (χ1v) is 15.8. The molecule has 248 valence electrons. The molecular weight excluding hydrogens is 664 g/mol. The molecule has 9 N–H and O–H groups in total. The highest BCUT2D eigenvalue weighted by Gasteiger charge is 2.59. The molecular formula is C21H26N9O14P2+. The Morgan fingerprint density at radius 1 is 1.11 bits per heavy atom. The number of aliphatic hydroxyl groups excluding tert-OH is 3. The van der Waals surface area contributed by atoms with Crippen LogP contribution in [0.4, 0.5) is 5.82 Å². The second-order valence-corrected chi connectivity index (χ2v) is 12.6. The molecule has 4 aromatic rings. The van der Waals surface area contributed by atoms with Crippen LogP contribution < -0.4 is 17.0 Å². The van der Waals surface area contributed by atoms with Crippen LogP contribution in [0.15, 0.2) is 28.6 Å². The number of fused-ring (bicyclic) bond motifs is 2. The van der Waals surface area contributed by atoms with Gasteiger partial charge in [-0.15, -0.1) is 9.42 Å². The summed E-state index contributed by atoms with van der Waals surface area (Å²) in [7, 11) is -8.57. The Morgan fingerprint density at radius 2 is 1.83 bits per heavy atom. The van der Waals surface area contributed by atoms with Crippen molar-refractivity contribution in [2.45, 2.75) is 55.5 Å². The molecule has 0 saturated carbocycles. The van der Waals surface area contributed by atoms with Crippen LogP contribution in [0.25, 0.3) is 22.3 Å². The van der Waals surface area contributed by atoms with Crippen LogP contribution in [0.2, 0.25) is 0 Å². The van der Waals surface area contributed by atoms with E-state index >= 15 is 0 Å². The van der Waals surface area contributed by atoms with E-state index in [1.165, 1.54) is 17.8 Å². The van der Waals surface area contributed by atoms with Crippen LogP contribution in [0.1, 0.15) is 19.4 Å². The van der Waals surface area contributed by atoms with Gasteiger partial charge >= 0.3 is 21.8 Å². The summed E-state index contributed by atoms with van der Waals surface area (Å²) >= 11 is 0. The molecule has 0 radical (unpaired) electrons. The monoisotopic (exact) mass is 690 g/mol. The van der Waals surface area contributed by atoms with Crippen LogP contribution in [-0.2, 0) is 32.2 Å². The maximum Gasteiger partial charge on any atom is 0.695 e. The maximum absolute atomic E-state index is 13.3. The number of nitrogens with zero attached hydrogens (tertiary/aromatic N) is 6. The van der Waals surface area contributed by atoms with Crippen molar-refractivity contribution in [1.29, 1.82) is 0 Å². The number of hydrogen-bond donors (Lipinski definition) is 8. The number of aliphatic hydroxyl groups is 3. The molecule has 0 amide bonds. The number of nitrogens with one attached hydrogen (secondary N) is 2. The summed E-state index contributed by atoms with van der Waals surface area (Å²) < 4.78 is 54.2. The quantitative estimate of drug-likeness (QED) is 0.0783. The predicted octanol–water partition coefficient (Wildman–Crippen LogP) is -2.73. The van der Waals surface area contributed by atoms with Crippen molar-refractivity contribution in [3.05, 3.63) is 39.8 Å². The Balaban J connectivity index is 1.26. The number of nitrogen functional groups attached to an aromatic ring is 1. The van der Waals surface area contributed by atoms with E-state index in [0.717, 1.165) is 17.2 Å². The van der Waals surface area contributed by atoms with E-state index < -0.39 is 89.1 Å². The minimum absolute atomic E-state index is 0.0219. The summed E-state index contributed by atoms with van der Waals surface area (Å²) in [6, 6.07) is 0. The highest BCUT2D eigenvalue weighted by atomic mass is 31.2. The zero-order valence-electron chi connectivity index (χ0n) is 23.3. The van der Waals surface area contributed by atoms with Crippen molar-refractivity contribution in [2.24, 2.45) is 0 Å². The van der Waals surface area contributed by atoms with Gasteiger partial charge in [0.25, 0.3) is 5.56 Å². The lowest BCUT2D eigenvalue weighted by Crippen LogP contribution is -2.45. The van der Waals surface area contributed by atoms with Crippen molar-refractivity contribution >= 4 is 44.2 Å². The first-order chi connectivity index (χ1) is 21.7. The topological polar surface area (TPSA) is 335 Å². The maximum atomic E-state index is 13.3. The van der Waals surface area contributed by atoms with Gasteiger partial charge in [-0.1, -0.05) is 0 Å². The van der Waals surface area contributed by atoms with Gasteiger partial charge in [0.2, 0.25) is 0 Å². The summed E-state index contributed by atoms with van der Waals surface area (Å²) in [5, 5.41) is 31.6. The molecule has 0 aliphatic carbocycles. The first kappa shape index (κ1) is 32.4. The van der Waals surface area contributed by atoms with Gasteiger partial charge in [0.1, 0.15) is 47.5 Å². The van der Waals surface area contributed by atoms with E-state index in [4.69, 9.17) is 28.8 Å². The molecule has 2 aliphatic rings. The number of rotatable bonds is 10. The van der Waals surface area contributed by atoms with E-state index in [2.05, 4.69) is 24.9 Å². The van der Waals surface area contributed by atoms with Gasteiger partial charge < -0.3 is 35.4 Å². The van der Waals surface area contributed by atoms with Crippen molar-refractivity contribution in [2.75, 3.05) is 18.9 Å². The predicted molar refractivity (Wildman–Crippen MR) is 148 cm³/mol. The van der Waals surface area contributed by atoms with Gasteiger partial charge in [0.15, 0.2) is 35.5 Å². The summed E-state index contributed by atoms with van der Waals surface area (Å²) in [6.45, 7) is -0.410. The number of anilines is 1. The summed E-state index contributed by atoms with van der Waals surface area (Å²) in [4.78, 5) is 64.5. The van der Waals surface area contributed by atoms with Crippen molar-refractivity contribution in [3.63, 3.8) is 0 Å². The molecule has 6 heterocycles. The van der Waals surface area contributed by atoms with Crippen LogP contribution in [0.5, 0.6) is 0 Å². The molecule has 2 fully saturated rings. The molecule has 10 atom stereocenters. The zero-order chi connectivity index (χ0) is 33.1. The first-order valence-electron chi connectivity index (χ1n) is 13.1. The van der Waals surface area contributed by atoms with Crippen LogP contribution in [0.3, 0.4) is 0 Å². The lowest BCUT2D eigenvalue weighted by atomic mass is 9.99. The third-order valence-electron chi connectivity index (χ3n) is 7.46. The van der Waals surface area contributed by atoms with E-state index in [9.17, 15) is 43.8 Å². The van der Waals surface area contributed by atoms with Crippen molar-refractivity contribution < 1.29 is 57.3 Å². The molecule has 0 bridgehead atoms. The van der Waals surface area contributed by atoms with Gasteiger partial charge in [0, 0.05) is 4.57 Å². The molecule has 46 heavy (non-hydrogen) atoms. The lowest BCUT2D eigenvalue weighted by Gasteiger charge is -2.29. The number of aromatic amines is 2. The molecule has 0 aromatic carbocycles. The van der Waals surface area contributed by atoms with Crippen LogP contribution in [0, 0.1) is 0 Å².